The number of amides is 1. The van der Waals surface area contributed by atoms with Crippen LogP contribution in [0.1, 0.15) is 46.0 Å². The number of hydrogen-bond acceptors (Lipinski definition) is 1. The van der Waals surface area contributed by atoms with Gasteiger partial charge in [-0.25, -0.2) is 0 Å². The number of nitrogens with zero attached hydrogens (tertiary/aromatic N) is 1. The van der Waals surface area contributed by atoms with Gasteiger partial charge in [-0.05, 0) is 50.9 Å². The van der Waals surface area contributed by atoms with E-state index in [2.05, 4.69) is 13.8 Å². The first kappa shape index (κ1) is 13.2. The summed E-state index contributed by atoms with van der Waals surface area (Å²) in [5, 5.41) is 0. The van der Waals surface area contributed by atoms with E-state index < -0.39 is 0 Å². The highest BCUT2D eigenvalue weighted by molar-refractivity contribution is 6.18. The molecule has 0 aromatic rings. The van der Waals surface area contributed by atoms with Gasteiger partial charge in [0.1, 0.15) is 0 Å². The average molecular weight is 258 g/mol. The SMILES string of the molecule is CC(C)N(CCCl)C(=O)CC1CC2CCC1C2. The number of alkyl halides is 1. The Morgan fingerprint density at radius 1 is 1.35 bits per heavy atom. The van der Waals surface area contributed by atoms with E-state index in [1.165, 1.54) is 25.7 Å². The Morgan fingerprint density at radius 2 is 2.12 bits per heavy atom. The normalized spacial score (nSPS) is 31.2. The summed E-state index contributed by atoms with van der Waals surface area (Å²) in [5.41, 5.74) is 0. The van der Waals surface area contributed by atoms with Crippen molar-refractivity contribution >= 4 is 17.5 Å². The number of halogens is 1. The highest BCUT2D eigenvalue weighted by Crippen LogP contribution is 2.49. The van der Waals surface area contributed by atoms with Crippen molar-refractivity contribution < 1.29 is 4.79 Å². The summed E-state index contributed by atoms with van der Waals surface area (Å²) in [6.07, 6.45) is 6.21. The third-order valence-corrected chi connectivity index (χ3v) is 4.76. The van der Waals surface area contributed by atoms with E-state index in [-0.39, 0.29) is 6.04 Å². The van der Waals surface area contributed by atoms with Gasteiger partial charge in [0.15, 0.2) is 0 Å². The Balaban J connectivity index is 1.87. The van der Waals surface area contributed by atoms with Gasteiger partial charge in [0.05, 0.1) is 0 Å². The van der Waals surface area contributed by atoms with Crippen LogP contribution in [0.4, 0.5) is 0 Å². The summed E-state index contributed by atoms with van der Waals surface area (Å²) in [7, 11) is 0. The summed E-state index contributed by atoms with van der Waals surface area (Å²) in [4.78, 5) is 14.2. The quantitative estimate of drug-likeness (QED) is 0.692. The predicted octanol–water partition coefficient (Wildman–Crippen LogP) is 3.29. The minimum atomic E-state index is 0.278. The molecule has 2 bridgehead atoms. The van der Waals surface area contributed by atoms with Crippen LogP contribution >= 0.6 is 11.6 Å². The molecule has 0 N–H and O–H groups in total. The predicted molar refractivity (Wildman–Crippen MR) is 71.1 cm³/mol. The third kappa shape index (κ3) is 2.96. The van der Waals surface area contributed by atoms with Crippen molar-refractivity contribution in [3.63, 3.8) is 0 Å². The fourth-order valence-electron chi connectivity index (χ4n) is 3.73. The van der Waals surface area contributed by atoms with Crippen LogP contribution in [0.3, 0.4) is 0 Å². The molecule has 3 atom stereocenters. The summed E-state index contributed by atoms with van der Waals surface area (Å²) in [6.45, 7) is 4.84. The molecular formula is C14H24ClNO. The van der Waals surface area contributed by atoms with Gasteiger partial charge in [-0.15, -0.1) is 11.6 Å². The molecule has 2 fully saturated rings. The van der Waals surface area contributed by atoms with Crippen LogP contribution in [0.25, 0.3) is 0 Å². The van der Waals surface area contributed by atoms with Gasteiger partial charge >= 0.3 is 0 Å². The van der Waals surface area contributed by atoms with Crippen LogP contribution in [0.15, 0.2) is 0 Å². The molecule has 17 heavy (non-hydrogen) atoms. The van der Waals surface area contributed by atoms with E-state index in [1.807, 2.05) is 4.90 Å². The van der Waals surface area contributed by atoms with E-state index in [4.69, 9.17) is 11.6 Å². The molecule has 0 heterocycles. The van der Waals surface area contributed by atoms with Crippen molar-refractivity contribution in [1.82, 2.24) is 4.90 Å². The first-order chi connectivity index (χ1) is 8.11. The lowest BCUT2D eigenvalue weighted by Crippen LogP contribution is -2.39. The molecule has 0 aromatic heterocycles. The standard InChI is InChI=1S/C14H24ClNO/c1-10(2)16(6-5-15)14(17)9-13-8-11-3-4-12(13)7-11/h10-13H,3-9H2,1-2H3. The molecule has 2 rings (SSSR count). The Kier molecular flexibility index (Phi) is 4.35. The van der Waals surface area contributed by atoms with Crippen LogP contribution < -0.4 is 0 Å². The number of carbonyl (C=O) groups is 1. The summed E-state index contributed by atoms with van der Waals surface area (Å²) in [5.74, 6) is 3.30. The maximum Gasteiger partial charge on any atom is 0.223 e. The van der Waals surface area contributed by atoms with Gasteiger partial charge in [-0.2, -0.15) is 0 Å². The van der Waals surface area contributed by atoms with Crippen molar-refractivity contribution in [2.75, 3.05) is 12.4 Å². The molecule has 2 nitrogen and oxygen atoms in total. The van der Waals surface area contributed by atoms with Gasteiger partial charge in [-0.1, -0.05) is 6.42 Å². The molecule has 0 radical (unpaired) electrons. The van der Waals surface area contributed by atoms with E-state index in [0.717, 1.165) is 18.3 Å². The number of carbonyl (C=O) groups excluding carboxylic acids is 1. The smallest absolute Gasteiger partial charge is 0.223 e. The Hall–Kier alpha value is -0.240. The average Bonchev–Trinajstić information content (AvgIpc) is 2.86. The number of hydrogen-bond donors (Lipinski definition) is 0. The lowest BCUT2D eigenvalue weighted by molar-refractivity contribution is -0.134. The molecule has 2 saturated carbocycles. The highest BCUT2D eigenvalue weighted by Gasteiger charge is 2.40. The van der Waals surface area contributed by atoms with Crippen LogP contribution in [-0.4, -0.2) is 29.3 Å². The first-order valence-corrected chi connectivity index (χ1v) is 7.50. The molecule has 3 unspecified atom stereocenters. The molecular weight excluding hydrogens is 234 g/mol. The molecule has 1 amide bonds. The van der Waals surface area contributed by atoms with Crippen molar-refractivity contribution in [1.29, 1.82) is 0 Å². The lowest BCUT2D eigenvalue weighted by Gasteiger charge is -2.29. The Bertz CT molecular complexity index is 279. The topological polar surface area (TPSA) is 20.3 Å². The van der Waals surface area contributed by atoms with Crippen LogP contribution in [0.2, 0.25) is 0 Å². The molecule has 0 aromatic carbocycles. The van der Waals surface area contributed by atoms with Gasteiger partial charge in [0.25, 0.3) is 0 Å². The minimum absolute atomic E-state index is 0.278. The Labute approximate surface area is 110 Å². The molecule has 0 spiro atoms. The second-order valence-electron chi connectivity index (χ2n) is 6.01. The van der Waals surface area contributed by atoms with Gasteiger partial charge < -0.3 is 4.90 Å². The maximum atomic E-state index is 12.3. The van der Waals surface area contributed by atoms with Crippen molar-refractivity contribution in [3.8, 4) is 0 Å². The third-order valence-electron chi connectivity index (χ3n) is 4.59. The molecule has 98 valence electrons. The van der Waals surface area contributed by atoms with Crippen LogP contribution in [0.5, 0.6) is 0 Å². The number of rotatable bonds is 5. The van der Waals surface area contributed by atoms with Crippen LogP contribution in [0, 0.1) is 17.8 Å². The molecule has 2 aliphatic rings. The second kappa shape index (κ2) is 5.60. The lowest BCUT2D eigenvalue weighted by atomic mass is 9.86. The van der Waals surface area contributed by atoms with Crippen molar-refractivity contribution in [2.24, 2.45) is 17.8 Å². The fourth-order valence-corrected chi connectivity index (χ4v) is 3.91. The molecule has 0 aliphatic heterocycles. The largest absolute Gasteiger partial charge is 0.339 e. The highest BCUT2D eigenvalue weighted by atomic mass is 35.5. The molecule has 3 heteroatoms. The summed E-state index contributed by atoms with van der Waals surface area (Å²) in [6, 6.07) is 0.278. The van der Waals surface area contributed by atoms with E-state index in [9.17, 15) is 4.79 Å². The zero-order valence-corrected chi connectivity index (χ0v) is 11.7. The van der Waals surface area contributed by atoms with E-state index in [1.54, 1.807) is 0 Å². The zero-order chi connectivity index (χ0) is 12.4. The summed E-state index contributed by atoms with van der Waals surface area (Å²) < 4.78 is 0. The maximum absolute atomic E-state index is 12.3. The zero-order valence-electron chi connectivity index (χ0n) is 11.0. The van der Waals surface area contributed by atoms with Gasteiger partial charge in [0.2, 0.25) is 5.91 Å². The van der Waals surface area contributed by atoms with E-state index >= 15 is 0 Å². The van der Waals surface area contributed by atoms with E-state index in [0.29, 0.717) is 24.2 Å². The molecule has 0 saturated heterocycles. The van der Waals surface area contributed by atoms with Crippen molar-refractivity contribution in [3.05, 3.63) is 0 Å². The number of fused-ring (bicyclic) bond motifs is 2. The van der Waals surface area contributed by atoms with Gasteiger partial charge in [0, 0.05) is 24.9 Å². The Morgan fingerprint density at radius 3 is 2.59 bits per heavy atom. The fraction of sp³-hybridized carbons (Fsp3) is 0.929. The van der Waals surface area contributed by atoms with Crippen LogP contribution in [-0.2, 0) is 4.79 Å². The second-order valence-corrected chi connectivity index (χ2v) is 6.39. The molecule has 2 aliphatic carbocycles. The minimum Gasteiger partial charge on any atom is -0.339 e. The first-order valence-electron chi connectivity index (χ1n) is 6.97. The van der Waals surface area contributed by atoms with Gasteiger partial charge in [-0.3, -0.25) is 4.79 Å². The summed E-state index contributed by atoms with van der Waals surface area (Å²) >= 11 is 5.77. The monoisotopic (exact) mass is 257 g/mol. The van der Waals surface area contributed by atoms with Crippen molar-refractivity contribution in [2.45, 2.75) is 52.0 Å².